The lowest BCUT2D eigenvalue weighted by molar-refractivity contribution is -0.116. The monoisotopic (exact) mass is 288 g/mol. The Morgan fingerprint density at radius 3 is 2.14 bits per heavy atom. The Labute approximate surface area is 130 Å². The van der Waals surface area contributed by atoms with E-state index in [1.54, 1.807) is 38.5 Å². The molecule has 6 aliphatic rings. The topological polar surface area (TPSA) is 15.3 Å². The third-order valence-electron chi connectivity index (χ3n) is 7.73. The first-order valence-corrected chi connectivity index (χ1v) is 9.76. The predicted octanol–water partition coefficient (Wildman–Crippen LogP) is 3.42. The largest absolute Gasteiger partial charge is 0.311 e. The Morgan fingerprint density at radius 1 is 1.00 bits per heavy atom. The van der Waals surface area contributed by atoms with Gasteiger partial charge in [-0.15, -0.1) is 0 Å². The van der Waals surface area contributed by atoms with Crippen molar-refractivity contribution >= 4 is 0 Å². The third kappa shape index (κ3) is 2.12. The lowest BCUT2D eigenvalue weighted by Crippen LogP contribution is -2.68. The highest BCUT2D eigenvalue weighted by Crippen LogP contribution is 2.58. The second kappa shape index (κ2) is 4.71. The predicted molar refractivity (Wildman–Crippen MR) is 86.2 cm³/mol. The third-order valence-corrected chi connectivity index (χ3v) is 7.73. The van der Waals surface area contributed by atoms with Gasteiger partial charge in [0.15, 0.2) is 0 Å². The second-order valence-corrected chi connectivity index (χ2v) is 9.21. The van der Waals surface area contributed by atoms with E-state index in [1.807, 2.05) is 0 Å². The molecule has 0 aromatic carbocycles. The summed E-state index contributed by atoms with van der Waals surface area (Å²) in [5.74, 6) is 4.27. The molecule has 2 unspecified atom stereocenters. The average Bonchev–Trinajstić information content (AvgIpc) is 3.30. The van der Waals surface area contributed by atoms with Crippen molar-refractivity contribution in [1.29, 1.82) is 0 Å². The van der Waals surface area contributed by atoms with Crippen molar-refractivity contribution in [3.05, 3.63) is 0 Å². The summed E-state index contributed by atoms with van der Waals surface area (Å²) in [6.07, 6.45) is 13.7. The van der Waals surface area contributed by atoms with E-state index in [1.165, 1.54) is 32.4 Å². The van der Waals surface area contributed by atoms with Crippen LogP contribution >= 0.6 is 0 Å². The first-order valence-electron chi connectivity index (χ1n) is 9.76. The summed E-state index contributed by atoms with van der Waals surface area (Å²) >= 11 is 0. The van der Waals surface area contributed by atoms with E-state index in [-0.39, 0.29) is 0 Å². The van der Waals surface area contributed by atoms with Crippen LogP contribution in [0.3, 0.4) is 0 Å². The van der Waals surface area contributed by atoms with Crippen LogP contribution in [0.15, 0.2) is 0 Å². The van der Waals surface area contributed by atoms with Crippen LogP contribution in [0.2, 0.25) is 0 Å². The van der Waals surface area contributed by atoms with E-state index in [4.69, 9.17) is 0 Å². The van der Waals surface area contributed by atoms with Crippen molar-refractivity contribution in [1.82, 2.24) is 10.2 Å². The minimum absolute atomic E-state index is 0.630. The molecule has 0 aromatic heterocycles. The van der Waals surface area contributed by atoms with Gasteiger partial charge in [0.25, 0.3) is 0 Å². The van der Waals surface area contributed by atoms with E-state index in [0.29, 0.717) is 5.54 Å². The van der Waals surface area contributed by atoms with E-state index < -0.39 is 0 Å². The van der Waals surface area contributed by atoms with Crippen LogP contribution in [0.4, 0.5) is 0 Å². The zero-order chi connectivity index (χ0) is 14.0. The number of rotatable bonds is 3. The van der Waals surface area contributed by atoms with Gasteiger partial charge in [0, 0.05) is 30.7 Å². The summed E-state index contributed by atoms with van der Waals surface area (Å²) < 4.78 is 0. The van der Waals surface area contributed by atoms with Gasteiger partial charge < -0.3 is 5.32 Å². The van der Waals surface area contributed by atoms with Crippen LogP contribution in [0.5, 0.6) is 0 Å². The number of hydrogen-bond donors (Lipinski definition) is 1. The molecule has 21 heavy (non-hydrogen) atoms. The number of nitrogens with zero attached hydrogens (tertiary/aromatic N) is 1. The van der Waals surface area contributed by atoms with Crippen molar-refractivity contribution in [3.63, 3.8) is 0 Å². The smallest absolute Gasteiger partial charge is 0.0224 e. The highest BCUT2D eigenvalue weighted by Gasteiger charge is 2.55. The van der Waals surface area contributed by atoms with Crippen molar-refractivity contribution in [2.75, 3.05) is 13.1 Å². The first-order chi connectivity index (χ1) is 10.3. The quantitative estimate of drug-likeness (QED) is 0.856. The number of piperazine rings is 1. The standard InChI is InChI=1S/C19H32N2/c1-2-17-11-20-18(16-3-4-16)12-21(17)19-8-13-5-14(9-19)7-15(6-13)10-19/h13-18,20H,2-12H2,1H3. The Morgan fingerprint density at radius 2 is 1.62 bits per heavy atom. The summed E-state index contributed by atoms with van der Waals surface area (Å²) in [5.41, 5.74) is 0.630. The molecule has 1 N–H and O–H groups in total. The van der Waals surface area contributed by atoms with Gasteiger partial charge in [0.2, 0.25) is 0 Å². The molecule has 4 bridgehead atoms. The summed E-state index contributed by atoms with van der Waals surface area (Å²) in [6, 6.07) is 1.64. The summed E-state index contributed by atoms with van der Waals surface area (Å²) in [6.45, 7) is 5.05. The molecule has 1 aliphatic heterocycles. The molecule has 0 spiro atoms. The van der Waals surface area contributed by atoms with Crippen LogP contribution in [-0.2, 0) is 0 Å². The van der Waals surface area contributed by atoms with E-state index in [2.05, 4.69) is 17.1 Å². The molecule has 1 saturated heterocycles. The van der Waals surface area contributed by atoms with Crippen molar-refractivity contribution in [2.45, 2.75) is 82.3 Å². The van der Waals surface area contributed by atoms with E-state index in [9.17, 15) is 0 Å². The molecule has 5 aliphatic carbocycles. The molecule has 6 fully saturated rings. The summed E-state index contributed by atoms with van der Waals surface area (Å²) in [5, 5.41) is 3.90. The maximum atomic E-state index is 3.90. The van der Waals surface area contributed by atoms with Gasteiger partial charge in [-0.25, -0.2) is 0 Å². The first kappa shape index (κ1) is 13.4. The number of nitrogens with one attached hydrogen (secondary N) is 1. The SMILES string of the molecule is CCC1CNC(C2CC2)CN1C12CC3CC(CC(C3)C1)C2. The molecule has 0 radical (unpaired) electrons. The van der Waals surface area contributed by atoms with Gasteiger partial charge in [0.05, 0.1) is 0 Å². The van der Waals surface area contributed by atoms with Crippen molar-refractivity contribution < 1.29 is 0 Å². The fraction of sp³-hybridized carbons (Fsp3) is 1.00. The van der Waals surface area contributed by atoms with Crippen LogP contribution in [0, 0.1) is 23.7 Å². The molecular formula is C19H32N2. The maximum Gasteiger partial charge on any atom is 0.0224 e. The molecule has 2 atom stereocenters. The fourth-order valence-electron chi connectivity index (χ4n) is 7.00. The van der Waals surface area contributed by atoms with E-state index in [0.717, 1.165) is 35.8 Å². The number of hydrogen-bond acceptors (Lipinski definition) is 2. The molecular weight excluding hydrogens is 256 g/mol. The lowest BCUT2D eigenvalue weighted by Gasteiger charge is -2.63. The minimum atomic E-state index is 0.630. The average molecular weight is 288 g/mol. The molecule has 2 nitrogen and oxygen atoms in total. The molecule has 2 heteroatoms. The molecule has 6 rings (SSSR count). The normalized spacial score (nSPS) is 53.3. The molecule has 0 aromatic rings. The Bertz CT molecular complexity index is 379. The molecule has 118 valence electrons. The van der Waals surface area contributed by atoms with Crippen molar-refractivity contribution in [2.24, 2.45) is 23.7 Å². The summed E-state index contributed by atoms with van der Waals surface area (Å²) in [7, 11) is 0. The Balaban J connectivity index is 1.43. The van der Waals surface area contributed by atoms with Gasteiger partial charge >= 0.3 is 0 Å². The van der Waals surface area contributed by atoms with Gasteiger partial charge in [-0.3, -0.25) is 4.90 Å². The molecule has 5 saturated carbocycles. The minimum Gasteiger partial charge on any atom is -0.311 e. The van der Waals surface area contributed by atoms with Gasteiger partial charge in [-0.05, 0) is 81.5 Å². The van der Waals surface area contributed by atoms with Crippen LogP contribution < -0.4 is 5.32 Å². The molecule has 0 amide bonds. The van der Waals surface area contributed by atoms with Gasteiger partial charge in [-0.1, -0.05) is 6.92 Å². The summed E-state index contributed by atoms with van der Waals surface area (Å²) in [4.78, 5) is 3.07. The lowest BCUT2D eigenvalue weighted by atomic mass is 9.52. The van der Waals surface area contributed by atoms with Crippen LogP contribution in [-0.4, -0.2) is 35.6 Å². The molecule has 1 heterocycles. The van der Waals surface area contributed by atoms with Crippen LogP contribution in [0.1, 0.15) is 64.7 Å². The Kier molecular flexibility index (Phi) is 3.00. The zero-order valence-corrected chi connectivity index (χ0v) is 13.7. The van der Waals surface area contributed by atoms with Gasteiger partial charge in [0.1, 0.15) is 0 Å². The zero-order valence-electron chi connectivity index (χ0n) is 13.7. The van der Waals surface area contributed by atoms with E-state index >= 15 is 0 Å². The highest BCUT2D eigenvalue weighted by atomic mass is 15.3. The fourth-order valence-corrected chi connectivity index (χ4v) is 7.00. The highest BCUT2D eigenvalue weighted by molar-refractivity contribution is 5.10. The van der Waals surface area contributed by atoms with Gasteiger partial charge in [-0.2, -0.15) is 0 Å². The van der Waals surface area contributed by atoms with Crippen molar-refractivity contribution in [3.8, 4) is 0 Å². The van der Waals surface area contributed by atoms with Crippen LogP contribution in [0.25, 0.3) is 0 Å². The maximum absolute atomic E-state index is 3.90. The second-order valence-electron chi connectivity index (χ2n) is 9.21. The Hall–Kier alpha value is -0.0800.